The van der Waals surface area contributed by atoms with Gasteiger partial charge < -0.3 is 14.5 Å². The molecular formula is C24H32N4O5S. The topological polar surface area (TPSA) is 99.3 Å². The smallest absolute Gasteiger partial charge is 0.410 e. The van der Waals surface area contributed by atoms with Crippen LogP contribution in [0.15, 0.2) is 35.2 Å². The highest BCUT2D eigenvalue weighted by molar-refractivity contribution is 7.89. The van der Waals surface area contributed by atoms with Gasteiger partial charge in [0, 0.05) is 62.1 Å². The van der Waals surface area contributed by atoms with Gasteiger partial charge >= 0.3 is 6.09 Å². The average Bonchev–Trinajstić information content (AvgIpc) is 3.05. The molecule has 0 unspecified atom stereocenters. The maximum Gasteiger partial charge on any atom is 0.410 e. The van der Waals surface area contributed by atoms with Gasteiger partial charge in [-0.15, -0.1) is 0 Å². The molecule has 2 aromatic rings. The molecule has 2 aliphatic rings. The molecular weight excluding hydrogens is 456 g/mol. The van der Waals surface area contributed by atoms with Crippen molar-refractivity contribution in [1.82, 2.24) is 14.5 Å². The molecule has 10 heteroatoms. The van der Waals surface area contributed by atoms with Crippen molar-refractivity contribution in [2.24, 2.45) is 0 Å². The summed E-state index contributed by atoms with van der Waals surface area (Å²) in [7, 11) is -3.77. The van der Waals surface area contributed by atoms with Crippen LogP contribution in [0.2, 0.25) is 0 Å². The normalized spacial score (nSPS) is 17.0. The minimum absolute atomic E-state index is 0.101. The summed E-state index contributed by atoms with van der Waals surface area (Å²) in [6.07, 6.45) is -0.319. The number of amides is 2. The van der Waals surface area contributed by atoms with Crippen LogP contribution >= 0.6 is 0 Å². The first-order valence-corrected chi connectivity index (χ1v) is 13.1. The molecule has 0 bridgehead atoms. The Morgan fingerprint density at radius 1 is 1.09 bits per heavy atom. The lowest BCUT2D eigenvalue weighted by Gasteiger charge is -2.35. The highest BCUT2D eigenvalue weighted by atomic mass is 32.2. The fourth-order valence-corrected chi connectivity index (χ4v) is 5.69. The summed E-state index contributed by atoms with van der Waals surface area (Å²) in [4.78, 5) is 30.5. The van der Waals surface area contributed by atoms with E-state index in [2.05, 4.69) is 9.62 Å². The van der Waals surface area contributed by atoms with Crippen molar-refractivity contribution in [1.29, 1.82) is 0 Å². The number of nitrogens with one attached hydrogen (secondary N) is 1. The number of carbonyl (C=O) groups excluding carboxylic acids is 2. The fraction of sp³-hybridized carbons (Fsp3) is 0.500. The number of benzene rings is 2. The SMILES string of the molecule is CCN1C(=O)c2cccc3c(S(=O)(=O)NCCN4CCN(C(=O)OC(C)(C)C)CC4)ccc1c23. The minimum Gasteiger partial charge on any atom is -0.444 e. The van der Waals surface area contributed by atoms with Crippen LogP contribution in [0.1, 0.15) is 38.1 Å². The molecule has 1 fully saturated rings. The Bertz CT molecular complexity index is 1210. The second-order valence-electron chi connectivity index (χ2n) is 9.57. The van der Waals surface area contributed by atoms with Gasteiger partial charge in [-0.3, -0.25) is 9.69 Å². The van der Waals surface area contributed by atoms with Crippen molar-refractivity contribution in [3.05, 3.63) is 35.9 Å². The molecule has 0 spiro atoms. The Hall–Kier alpha value is -2.69. The highest BCUT2D eigenvalue weighted by Crippen LogP contribution is 2.39. The molecule has 0 aliphatic carbocycles. The van der Waals surface area contributed by atoms with Gasteiger partial charge in [-0.2, -0.15) is 0 Å². The molecule has 0 aromatic heterocycles. The van der Waals surface area contributed by atoms with Crippen LogP contribution in [0, 0.1) is 0 Å². The molecule has 2 aliphatic heterocycles. The van der Waals surface area contributed by atoms with Crippen molar-refractivity contribution in [2.75, 3.05) is 50.7 Å². The van der Waals surface area contributed by atoms with Crippen molar-refractivity contribution in [3.63, 3.8) is 0 Å². The Morgan fingerprint density at radius 2 is 1.79 bits per heavy atom. The summed E-state index contributed by atoms with van der Waals surface area (Å²) in [5.41, 5.74) is 0.756. The van der Waals surface area contributed by atoms with Gasteiger partial charge in [0.05, 0.1) is 10.6 Å². The average molecular weight is 489 g/mol. The zero-order chi connectivity index (χ0) is 24.7. The van der Waals surface area contributed by atoms with Crippen LogP contribution < -0.4 is 9.62 Å². The highest BCUT2D eigenvalue weighted by Gasteiger charge is 2.31. The third-order valence-corrected chi connectivity index (χ3v) is 7.61. The van der Waals surface area contributed by atoms with E-state index in [0.29, 0.717) is 55.6 Å². The van der Waals surface area contributed by atoms with Crippen molar-refractivity contribution < 1.29 is 22.7 Å². The summed E-state index contributed by atoms with van der Waals surface area (Å²) in [5, 5.41) is 1.24. The molecule has 184 valence electrons. The number of rotatable bonds is 6. The number of anilines is 1. The van der Waals surface area contributed by atoms with Crippen LogP contribution in [0.25, 0.3) is 10.8 Å². The van der Waals surface area contributed by atoms with Crippen LogP contribution in [-0.2, 0) is 14.8 Å². The quantitative estimate of drug-likeness (QED) is 0.671. The Kier molecular flexibility index (Phi) is 6.58. The number of hydrogen-bond acceptors (Lipinski definition) is 6. The molecule has 1 saturated heterocycles. The number of carbonyl (C=O) groups is 2. The maximum atomic E-state index is 13.1. The van der Waals surface area contributed by atoms with Gasteiger partial charge in [0.25, 0.3) is 5.91 Å². The molecule has 9 nitrogen and oxygen atoms in total. The van der Waals surface area contributed by atoms with Gasteiger partial charge in [0.2, 0.25) is 10.0 Å². The minimum atomic E-state index is -3.77. The zero-order valence-corrected chi connectivity index (χ0v) is 20.9. The summed E-state index contributed by atoms with van der Waals surface area (Å²) < 4.78 is 34.4. The van der Waals surface area contributed by atoms with E-state index in [1.807, 2.05) is 27.7 Å². The first-order chi connectivity index (χ1) is 16.0. The molecule has 0 radical (unpaired) electrons. The first-order valence-electron chi connectivity index (χ1n) is 11.6. The van der Waals surface area contributed by atoms with E-state index in [-0.39, 0.29) is 23.4 Å². The largest absolute Gasteiger partial charge is 0.444 e. The van der Waals surface area contributed by atoms with Crippen molar-refractivity contribution in [3.8, 4) is 0 Å². The predicted octanol–water partition coefficient (Wildman–Crippen LogP) is 2.65. The lowest BCUT2D eigenvalue weighted by Crippen LogP contribution is -2.51. The van der Waals surface area contributed by atoms with Gasteiger partial charge in [-0.25, -0.2) is 17.9 Å². The summed E-state index contributed by atoms with van der Waals surface area (Å²) in [6, 6.07) is 8.50. The molecule has 2 aromatic carbocycles. The van der Waals surface area contributed by atoms with Crippen LogP contribution in [0.3, 0.4) is 0 Å². The summed E-state index contributed by atoms with van der Waals surface area (Å²) in [6.45, 7) is 11.1. The van der Waals surface area contributed by atoms with E-state index in [0.717, 1.165) is 5.69 Å². The first kappa shape index (κ1) is 24.4. The number of piperazine rings is 1. The molecule has 1 N–H and O–H groups in total. The standard InChI is InChI=1S/C24H32N4O5S/c1-5-28-19-9-10-20(17-7-6-8-18(21(17)19)22(28)29)34(31,32)25-11-12-26-13-15-27(16-14-26)23(30)33-24(2,3)4/h6-10,25H,5,11-16H2,1-4H3. The van der Waals surface area contributed by atoms with E-state index >= 15 is 0 Å². The Labute approximate surface area is 200 Å². The number of ether oxygens (including phenoxy) is 1. The molecule has 0 atom stereocenters. The van der Waals surface area contributed by atoms with E-state index in [1.165, 1.54) is 0 Å². The van der Waals surface area contributed by atoms with E-state index in [1.54, 1.807) is 40.1 Å². The number of sulfonamides is 1. The second kappa shape index (κ2) is 9.16. The molecule has 2 heterocycles. The summed E-state index contributed by atoms with van der Waals surface area (Å²) >= 11 is 0. The predicted molar refractivity (Wildman–Crippen MR) is 131 cm³/mol. The van der Waals surface area contributed by atoms with Gasteiger partial charge in [-0.1, -0.05) is 12.1 Å². The van der Waals surface area contributed by atoms with E-state index in [4.69, 9.17) is 4.74 Å². The van der Waals surface area contributed by atoms with E-state index in [9.17, 15) is 18.0 Å². The van der Waals surface area contributed by atoms with Crippen LogP contribution in [0.4, 0.5) is 10.5 Å². The van der Waals surface area contributed by atoms with Crippen LogP contribution in [0.5, 0.6) is 0 Å². The Morgan fingerprint density at radius 3 is 2.44 bits per heavy atom. The fourth-order valence-electron chi connectivity index (χ4n) is 4.46. The third-order valence-electron chi connectivity index (χ3n) is 6.09. The van der Waals surface area contributed by atoms with E-state index < -0.39 is 15.6 Å². The number of nitrogens with zero attached hydrogens (tertiary/aromatic N) is 3. The van der Waals surface area contributed by atoms with Crippen LogP contribution in [-0.4, -0.2) is 81.6 Å². The van der Waals surface area contributed by atoms with Gasteiger partial charge in [-0.05, 0) is 45.9 Å². The third kappa shape index (κ3) is 4.75. The number of hydrogen-bond donors (Lipinski definition) is 1. The molecule has 4 rings (SSSR count). The van der Waals surface area contributed by atoms with Gasteiger partial charge in [0.15, 0.2) is 0 Å². The summed E-state index contributed by atoms with van der Waals surface area (Å²) in [5.74, 6) is -0.101. The lowest BCUT2D eigenvalue weighted by atomic mass is 10.1. The Balaban J connectivity index is 1.39. The maximum absolute atomic E-state index is 13.1. The van der Waals surface area contributed by atoms with Crippen molar-refractivity contribution >= 4 is 38.5 Å². The molecule has 34 heavy (non-hydrogen) atoms. The molecule has 0 saturated carbocycles. The second-order valence-corrected chi connectivity index (χ2v) is 11.3. The van der Waals surface area contributed by atoms with Gasteiger partial charge in [0.1, 0.15) is 5.60 Å². The monoisotopic (exact) mass is 488 g/mol. The van der Waals surface area contributed by atoms with Crippen molar-refractivity contribution in [2.45, 2.75) is 38.2 Å². The zero-order valence-electron chi connectivity index (χ0n) is 20.1. The molecule has 2 amide bonds. The lowest BCUT2D eigenvalue weighted by molar-refractivity contribution is 0.0147.